The molecule has 0 radical (unpaired) electrons. The summed E-state index contributed by atoms with van der Waals surface area (Å²) < 4.78 is 0. The molecule has 1 atom stereocenters. The number of rotatable bonds is 20. The molecule has 0 amide bonds. The van der Waals surface area contributed by atoms with Gasteiger partial charge in [-0.25, -0.2) is 0 Å². The predicted octanol–water partition coefficient (Wildman–Crippen LogP) is 10.2. The van der Waals surface area contributed by atoms with Gasteiger partial charge in [0.05, 0.1) is 0 Å². The van der Waals surface area contributed by atoms with E-state index in [1.807, 2.05) is 0 Å². The molecule has 0 aliphatic rings. The lowest BCUT2D eigenvalue weighted by Crippen LogP contribution is -2.19. The van der Waals surface area contributed by atoms with Crippen molar-refractivity contribution in [2.45, 2.75) is 129 Å². The SMILES string of the molecule is CCCCCCCCCCCCCCCCCCC(C)P(c1ccccc1)c1ccccc1. The third-order valence-corrected chi connectivity index (χ3v) is 9.83. The maximum Gasteiger partial charge on any atom is -0.0157 e. The van der Waals surface area contributed by atoms with Crippen LogP contribution in [0.15, 0.2) is 60.7 Å². The van der Waals surface area contributed by atoms with Crippen LogP contribution >= 0.6 is 7.92 Å². The lowest BCUT2D eigenvalue weighted by atomic mass is 10.0. The molecule has 2 rings (SSSR count). The Balaban J connectivity index is 1.50. The fourth-order valence-corrected chi connectivity index (χ4v) is 7.70. The van der Waals surface area contributed by atoms with E-state index in [-0.39, 0.29) is 7.92 Å². The minimum atomic E-state index is -0.256. The summed E-state index contributed by atoms with van der Waals surface area (Å²) in [4.78, 5) is 0. The average Bonchev–Trinajstić information content (AvgIpc) is 2.85. The summed E-state index contributed by atoms with van der Waals surface area (Å²) in [6.07, 6.45) is 24.5. The van der Waals surface area contributed by atoms with Gasteiger partial charge >= 0.3 is 0 Å². The second-order valence-corrected chi connectivity index (χ2v) is 12.6. The summed E-state index contributed by atoms with van der Waals surface area (Å²) in [7, 11) is -0.256. The van der Waals surface area contributed by atoms with E-state index in [0.29, 0.717) is 0 Å². The molecule has 33 heavy (non-hydrogen) atoms. The topological polar surface area (TPSA) is 0 Å². The van der Waals surface area contributed by atoms with Crippen LogP contribution in [0.3, 0.4) is 0 Å². The van der Waals surface area contributed by atoms with E-state index >= 15 is 0 Å². The minimum absolute atomic E-state index is 0.256. The largest absolute Gasteiger partial charge is 0.0654 e. The Hall–Kier alpha value is -1.13. The highest BCUT2D eigenvalue weighted by Gasteiger charge is 2.20. The van der Waals surface area contributed by atoms with Crippen molar-refractivity contribution in [1.29, 1.82) is 0 Å². The summed E-state index contributed by atoms with van der Waals surface area (Å²) in [6, 6.07) is 22.4. The molecule has 184 valence electrons. The van der Waals surface area contributed by atoms with Crippen molar-refractivity contribution in [2.75, 3.05) is 0 Å². The fraction of sp³-hybridized carbons (Fsp3) is 0.625. The van der Waals surface area contributed by atoms with E-state index in [0.717, 1.165) is 5.66 Å². The maximum atomic E-state index is 2.48. The van der Waals surface area contributed by atoms with Gasteiger partial charge < -0.3 is 0 Å². The molecule has 0 aromatic heterocycles. The van der Waals surface area contributed by atoms with Gasteiger partial charge in [-0.2, -0.15) is 0 Å². The lowest BCUT2D eigenvalue weighted by molar-refractivity contribution is 0.527. The van der Waals surface area contributed by atoms with Gasteiger partial charge in [-0.15, -0.1) is 0 Å². The Kier molecular flexibility index (Phi) is 16.4. The third-order valence-electron chi connectivity index (χ3n) is 6.98. The van der Waals surface area contributed by atoms with Crippen molar-refractivity contribution in [3.63, 3.8) is 0 Å². The summed E-state index contributed by atoms with van der Waals surface area (Å²) in [5.74, 6) is 0. The van der Waals surface area contributed by atoms with Crippen LogP contribution < -0.4 is 10.6 Å². The first-order valence-electron chi connectivity index (χ1n) is 14.2. The van der Waals surface area contributed by atoms with Crippen molar-refractivity contribution < 1.29 is 0 Å². The van der Waals surface area contributed by atoms with E-state index in [2.05, 4.69) is 74.5 Å². The smallest absolute Gasteiger partial charge is 0.0157 e. The van der Waals surface area contributed by atoms with Crippen LogP contribution in [0.1, 0.15) is 123 Å². The van der Waals surface area contributed by atoms with Crippen LogP contribution in [0.4, 0.5) is 0 Å². The molecule has 0 saturated heterocycles. The fourth-order valence-electron chi connectivity index (χ4n) is 4.95. The molecule has 0 bridgehead atoms. The highest BCUT2D eigenvalue weighted by Crippen LogP contribution is 2.41. The molecule has 0 aliphatic heterocycles. The van der Waals surface area contributed by atoms with E-state index in [1.165, 1.54) is 120 Å². The molecule has 0 spiro atoms. The van der Waals surface area contributed by atoms with Crippen LogP contribution in [0.5, 0.6) is 0 Å². The summed E-state index contributed by atoms with van der Waals surface area (Å²) in [5, 5.41) is 3.06. The lowest BCUT2D eigenvalue weighted by Gasteiger charge is -2.25. The molecule has 1 heteroatoms. The third kappa shape index (κ3) is 12.8. The van der Waals surface area contributed by atoms with Gasteiger partial charge in [0.2, 0.25) is 0 Å². The standard InChI is InChI=1S/C32H51P/c1-3-4-5-6-7-8-9-10-11-12-13-14-15-16-17-20-25-30(2)33(31-26-21-18-22-27-31)32-28-23-19-24-29-32/h18-19,21-24,26-30H,3-17,20,25H2,1-2H3. The van der Waals surface area contributed by atoms with E-state index in [4.69, 9.17) is 0 Å². The zero-order valence-corrected chi connectivity index (χ0v) is 22.7. The van der Waals surface area contributed by atoms with Gasteiger partial charge in [0, 0.05) is 0 Å². The van der Waals surface area contributed by atoms with Gasteiger partial charge in [-0.05, 0) is 30.6 Å². The Bertz CT molecular complexity index is 626. The van der Waals surface area contributed by atoms with Crippen LogP contribution in [-0.4, -0.2) is 5.66 Å². The second-order valence-electron chi connectivity index (χ2n) is 9.98. The number of unbranched alkanes of at least 4 members (excludes halogenated alkanes) is 15. The monoisotopic (exact) mass is 466 g/mol. The quantitative estimate of drug-likeness (QED) is 0.134. The van der Waals surface area contributed by atoms with Gasteiger partial charge in [0.1, 0.15) is 0 Å². The molecule has 0 saturated carbocycles. The van der Waals surface area contributed by atoms with Crippen LogP contribution in [-0.2, 0) is 0 Å². The number of benzene rings is 2. The molecule has 1 unspecified atom stereocenters. The van der Waals surface area contributed by atoms with Crippen molar-refractivity contribution >= 4 is 18.5 Å². The van der Waals surface area contributed by atoms with Gasteiger partial charge in [-0.3, -0.25) is 0 Å². The van der Waals surface area contributed by atoms with Crippen molar-refractivity contribution in [3.8, 4) is 0 Å². The molecule has 0 nitrogen and oxygen atoms in total. The zero-order chi connectivity index (χ0) is 23.4. The minimum Gasteiger partial charge on any atom is -0.0654 e. The summed E-state index contributed by atoms with van der Waals surface area (Å²) in [6.45, 7) is 4.78. The molecule has 0 N–H and O–H groups in total. The maximum absolute atomic E-state index is 2.48. The molecule has 2 aromatic carbocycles. The average molecular weight is 467 g/mol. The summed E-state index contributed by atoms with van der Waals surface area (Å²) >= 11 is 0. The van der Waals surface area contributed by atoms with Crippen molar-refractivity contribution in [1.82, 2.24) is 0 Å². The Morgan fingerprint density at radius 1 is 0.485 bits per heavy atom. The van der Waals surface area contributed by atoms with Gasteiger partial charge in [-0.1, -0.05) is 177 Å². The highest BCUT2D eigenvalue weighted by molar-refractivity contribution is 7.73. The van der Waals surface area contributed by atoms with Crippen LogP contribution in [0, 0.1) is 0 Å². The second kappa shape index (κ2) is 19.2. The van der Waals surface area contributed by atoms with E-state index in [1.54, 1.807) is 0 Å². The molecule has 0 fully saturated rings. The first kappa shape index (κ1) is 28.1. The normalized spacial score (nSPS) is 12.3. The first-order chi connectivity index (χ1) is 16.3. The van der Waals surface area contributed by atoms with E-state index < -0.39 is 0 Å². The van der Waals surface area contributed by atoms with Crippen molar-refractivity contribution in [2.24, 2.45) is 0 Å². The molecular formula is C32H51P. The Morgan fingerprint density at radius 2 is 0.818 bits per heavy atom. The summed E-state index contributed by atoms with van der Waals surface area (Å²) in [5.41, 5.74) is 0.747. The molecule has 0 heterocycles. The van der Waals surface area contributed by atoms with E-state index in [9.17, 15) is 0 Å². The zero-order valence-electron chi connectivity index (χ0n) is 21.8. The molecular weight excluding hydrogens is 415 g/mol. The molecule has 0 aliphatic carbocycles. The van der Waals surface area contributed by atoms with Crippen LogP contribution in [0.2, 0.25) is 0 Å². The number of hydrogen-bond donors (Lipinski definition) is 0. The highest BCUT2D eigenvalue weighted by atomic mass is 31.1. The Labute approximate surface area is 207 Å². The molecule has 2 aromatic rings. The number of hydrogen-bond acceptors (Lipinski definition) is 0. The first-order valence-corrected chi connectivity index (χ1v) is 15.6. The van der Waals surface area contributed by atoms with Crippen molar-refractivity contribution in [3.05, 3.63) is 60.7 Å². The van der Waals surface area contributed by atoms with Crippen LogP contribution in [0.25, 0.3) is 0 Å². The predicted molar refractivity (Wildman–Crippen MR) is 153 cm³/mol. The Morgan fingerprint density at radius 3 is 1.18 bits per heavy atom. The van der Waals surface area contributed by atoms with Gasteiger partial charge in [0.25, 0.3) is 0 Å². The van der Waals surface area contributed by atoms with Gasteiger partial charge in [0.15, 0.2) is 0 Å².